The number of fused-ring (bicyclic) bond motifs is 9. The molecule has 0 unspecified atom stereocenters. The van der Waals surface area contributed by atoms with E-state index in [2.05, 4.69) is 217 Å². The highest BCUT2D eigenvalue weighted by Crippen LogP contribution is 2.45. The van der Waals surface area contributed by atoms with Gasteiger partial charge in [-0.1, -0.05) is 152 Å². The Morgan fingerprint density at radius 1 is 0.276 bits per heavy atom. The van der Waals surface area contributed by atoms with E-state index >= 15 is 0 Å². The lowest BCUT2D eigenvalue weighted by Crippen LogP contribution is -2.10. The number of hydrogen-bond acceptors (Lipinski definition) is 2. The second kappa shape index (κ2) is 12.9. The zero-order valence-electron chi connectivity index (χ0n) is 31.6. The second-order valence-electron chi connectivity index (χ2n) is 15.3. The molecular formula is C56H35NO. The molecule has 2 heteroatoms. The number of furan rings is 1. The summed E-state index contributed by atoms with van der Waals surface area (Å²) >= 11 is 0. The van der Waals surface area contributed by atoms with Crippen molar-refractivity contribution >= 4 is 92.9 Å². The summed E-state index contributed by atoms with van der Waals surface area (Å²) in [5.74, 6) is 0. The zero-order valence-corrected chi connectivity index (χ0v) is 31.6. The van der Waals surface area contributed by atoms with Crippen LogP contribution in [0.25, 0.3) is 98.1 Å². The average molecular weight is 738 g/mol. The van der Waals surface area contributed by atoms with Gasteiger partial charge in [-0.2, -0.15) is 0 Å². The van der Waals surface area contributed by atoms with Gasteiger partial charge in [0.05, 0.1) is 5.69 Å². The fraction of sp³-hybridized carbons (Fsp3) is 0. The molecule has 12 aromatic rings. The minimum atomic E-state index is 0.880. The zero-order chi connectivity index (χ0) is 38.2. The van der Waals surface area contributed by atoms with Crippen LogP contribution in [0.5, 0.6) is 0 Å². The summed E-state index contributed by atoms with van der Waals surface area (Å²) in [5, 5.41) is 14.5. The van der Waals surface area contributed by atoms with Crippen LogP contribution in [0.4, 0.5) is 17.1 Å². The number of nitrogens with zero attached hydrogens (tertiary/aromatic N) is 1. The summed E-state index contributed by atoms with van der Waals surface area (Å²) in [5.41, 5.74) is 9.94. The Hall–Kier alpha value is -7.68. The molecule has 58 heavy (non-hydrogen) atoms. The molecule has 2 nitrogen and oxygen atoms in total. The van der Waals surface area contributed by atoms with Crippen molar-refractivity contribution in [3.63, 3.8) is 0 Å². The molecular weight excluding hydrogens is 703 g/mol. The van der Waals surface area contributed by atoms with E-state index in [4.69, 9.17) is 4.42 Å². The van der Waals surface area contributed by atoms with Crippen LogP contribution in [-0.4, -0.2) is 0 Å². The molecule has 0 saturated carbocycles. The molecule has 0 aliphatic heterocycles. The first kappa shape index (κ1) is 32.6. The van der Waals surface area contributed by atoms with E-state index in [1.54, 1.807) is 0 Å². The number of rotatable bonds is 5. The van der Waals surface area contributed by atoms with Crippen LogP contribution in [-0.2, 0) is 0 Å². The third kappa shape index (κ3) is 5.19. The maximum absolute atomic E-state index is 6.48. The Balaban J connectivity index is 1.06. The monoisotopic (exact) mass is 737 g/mol. The van der Waals surface area contributed by atoms with Crippen molar-refractivity contribution in [2.45, 2.75) is 0 Å². The van der Waals surface area contributed by atoms with Gasteiger partial charge in [0.1, 0.15) is 11.2 Å². The van der Waals surface area contributed by atoms with Crippen molar-refractivity contribution in [2.24, 2.45) is 0 Å². The topological polar surface area (TPSA) is 16.4 Å². The Kier molecular flexibility index (Phi) is 7.26. The van der Waals surface area contributed by atoms with Crippen LogP contribution in [0.3, 0.4) is 0 Å². The van der Waals surface area contributed by atoms with Crippen LogP contribution in [0.1, 0.15) is 0 Å². The molecule has 11 aromatic carbocycles. The summed E-state index contributed by atoms with van der Waals surface area (Å²) in [6.07, 6.45) is 0. The van der Waals surface area contributed by atoms with E-state index in [1.165, 1.54) is 76.1 Å². The molecule has 0 bridgehead atoms. The molecule has 0 N–H and O–H groups in total. The molecule has 0 saturated heterocycles. The van der Waals surface area contributed by atoms with Crippen LogP contribution < -0.4 is 4.90 Å². The van der Waals surface area contributed by atoms with Crippen molar-refractivity contribution in [3.8, 4) is 22.3 Å². The molecule has 0 fully saturated rings. The van der Waals surface area contributed by atoms with E-state index in [9.17, 15) is 0 Å². The molecule has 270 valence electrons. The standard InChI is InChI=1S/C56H35NO/c1-2-12-36(13-3-1)46-27-28-54(50-21-11-10-19-48(46)50)57(44-26-29-55-53(35-44)52-32-37-14-4-5-15-38(37)34-56(52)58-55)43-25-24-39-30-42(23-22-40(39)31-43)51-33-41-16-6-7-17-45(41)47-18-8-9-20-49(47)51/h1-35H. The quantitative estimate of drug-likeness (QED) is 0.164. The van der Waals surface area contributed by atoms with Crippen molar-refractivity contribution < 1.29 is 4.42 Å². The summed E-state index contributed by atoms with van der Waals surface area (Å²) in [6.45, 7) is 0. The Morgan fingerprint density at radius 2 is 0.862 bits per heavy atom. The van der Waals surface area contributed by atoms with E-state index in [0.717, 1.165) is 39.0 Å². The number of hydrogen-bond donors (Lipinski definition) is 0. The highest BCUT2D eigenvalue weighted by atomic mass is 16.3. The Labute approximate surface area is 335 Å². The fourth-order valence-electron chi connectivity index (χ4n) is 9.20. The molecule has 12 rings (SSSR count). The maximum Gasteiger partial charge on any atom is 0.136 e. The molecule has 0 radical (unpaired) electrons. The number of anilines is 3. The van der Waals surface area contributed by atoms with Crippen molar-refractivity contribution in [1.82, 2.24) is 0 Å². The van der Waals surface area contributed by atoms with Gasteiger partial charge in [0.2, 0.25) is 0 Å². The molecule has 1 heterocycles. The predicted octanol–water partition coefficient (Wildman–Crippen LogP) is 16.2. The van der Waals surface area contributed by atoms with E-state index in [1.807, 2.05) is 0 Å². The van der Waals surface area contributed by atoms with Crippen molar-refractivity contribution in [3.05, 3.63) is 212 Å². The minimum absolute atomic E-state index is 0.880. The molecule has 0 aliphatic rings. The lowest BCUT2D eigenvalue weighted by molar-refractivity contribution is 0.669. The molecule has 0 spiro atoms. The van der Waals surface area contributed by atoms with Gasteiger partial charge in [0, 0.05) is 27.5 Å². The summed E-state index contributed by atoms with van der Waals surface area (Å²) in [4.78, 5) is 2.42. The summed E-state index contributed by atoms with van der Waals surface area (Å²) in [6, 6.07) is 77.2. The van der Waals surface area contributed by atoms with E-state index < -0.39 is 0 Å². The first-order chi connectivity index (χ1) is 28.7. The van der Waals surface area contributed by atoms with Gasteiger partial charge in [-0.05, 0) is 131 Å². The molecule has 0 aliphatic carbocycles. The van der Waals surface area contributed by atoms with E-state index in [0.29, 0.717) is 0 Å². The SMILES string of the molecule is c1ccc(-c2ccc(N(c3ccc4cc(-c5cc6ccccc6c6ccccc56)ccc4c3)c3ccc4oc5cc6ccccc6cc5c4c3)c3ccccc23)cc1. The predicted molar refractivity (Wildman–Crippen MR) is 247 cm³/mol. The Morgan fingerprint density at radius 3 is 1.69 bits per heavy atom. The first-order valence-corrected chi connectivity index (χ1v) is 19.9. The van der Waals surface area contributed by atoms with Gasteiger partial charge in [-0.3, -0.25) is 0 Å². The second-order valence-corrected chi connectivity index (χ2v) is 15.3. The smallest absolute Gasteiger partial charge is 0.136 e. The van der Waals surface area contributed by atoms with Crippen LogP contribution in [0.2, 0.25) is 0 Å². The normalized spacial score (nSPS) is 11.8. The van der Waals surface area contributed by atoms with Crippen molar-refractivity contribution in [1.29, 1.82) is 0 Å². The Bertz CT molecular complexity index is 3580. The van der Waals surface area contributed by atoms with Crippen molar-refractivity contribution in [2.75, 3.05) is 4.90 Å². The highest BCUT2D eigenvalue weighted by molar-refractivity contribution is 6.15. The average Bonchev–Trinajstić information content (AvgIpc) is 3.64. The third-order valence-electron chi connectivity index (χ3n) is 12.0. The van der Waals surface area contributed by atoms with Crippen LogP contribution in [0.15, 0.2) is 217 Å². The lowest BCUT2D eigenvalue weighted by atomic mass is 9.92. The largest absolute Gasteiger partial charge is 0.456 e. The van der Waals surface area contributed by atoms with Gasteiger partial charge in [-0.25, -0.2) is 0 Å². The molecule has 0 amide bonds. The summed E-state index contributed by atoms with van der Waals surface area (Å²) in [7, 11) is 0. The van der Waals surface area contributed by atoms with E-state index in [-0.39, 0.29) is 0 Å². The highest BCUT2D eigenvalue weighted by Gasteiger charge is 2.20. The van der Waals surface area contributed by atoms with Gasteiger partial charge in [-0.15, -0.1) is 0 Å². The lowest BCUT2D eigenvalue weighted by Gasteiger charge is -2.28. The summed E-state index contributed by atoms with van der Waals surface area (Å²) < 4.78 is 6.48. The van der Waals surface area contributed by atoms with Gasteiger partial charge in [0.25, 0.3) is 0 Å². The van der Waals surface area contributed by atoms with Crippen LogP contribution in [0, 0.1) is 0 Å². The number of benzene rings is 11. The molecule has 0 atom stereocenters. The third-order valence-corrected chi connectivity index (χ3v) is 12.0. The minimum Gasteiger partial charge on any atom is -0.456 e. The van der Waals surface area contributed by atoms with Gasteiger partial charge in [0.15, 0.2) is 0 Å². The fourth-order valence-corrected chi connectivity index (χ4v) is 9.20. The maximum atomic E-state index is 6.48. The first-order valence-electron chi connectivity index (χ1n) is 19.9. The van der Waals surface area contributed by atoms with Gasteiger partial charge >= 0.3 is 0 Å². The van der Waals surface area contributed by atoms with Gasteiger partial charge < -0.3 is 9.32 Å². The van der Waals surface area contributed by atoms with Crippen LogP contribution >= 0.6 is 0 Å². The molecule has 1 aromatic heterocycles.